The topological polar surface area (TPSA) is 90.1 Å². The second kappa shape index (κ2) is 6.59. The Balaban J connectivity index is 1.42. The van der Waals surface area contributed by atoms with Gasteiger partial charge >= 0.3 is 11.8 Å². The monoisotopic (exact) mass is 350 g/mol. The molecular formula is C19H18N4O3. The molecule has 0 bridgehead atoms. The van der Waals surface area contributed by atoms with Gasteiger partial charge in [-0.05, 0) is 49.9 Å². The molecule has 0 saturated heterocycles. The number of pyridine rings is 1. The number of hydrogen-bond acceptors (Lipinski definition) is 6. The number of anilines is 1. The second-order valence-electron chi connectivity index (χ2n) is 6.36. The summed E-state index contributed by atoms with van der Waals surface area (Å²) < 4.78 is 11.2. The van der Waals surface area contributed by atoms with E-state index in [-0.39, 0.29) is 5.89 Å². The number of hydrogen-bond donors (Lipinski definition) is 1. The number of benzene rings is 1. The Hall–Kier alpha value is -3.22. The van der Waals surface area contributed by atoms with Crippen molar-refractivity contribution < 1.29 is 13.9 Å². The molecule has 3 aromatic rings. The average molecular weight is 350 g/mol. The fraction of sp³-hybridized carbons (Fsp3) is 0.263. The molecule has 0 radical (unpaired) electrons. The van der Waals surface area contributed by atoms with Crippen molar-refractivity contribution in [3.8, 4) is 11.6 Å². The molecule has 1 aliphatic carbocycles. The molecule has 1 aliphatic rings. The van der Waals surface area contributed by atoms with Gasteiger partial charge in [0, 0.05) is 12.0 Å². The SMILES string of the molecule is Cc1cccc(Oc2ccc(NC(=O)c3nnc(C4CC4)o3)cn2)c1C. The summed E-state index contributed by atoms with van der Waals surface area (Å²) in [5.41, 5.74) is 2.74. The van der Waals surface area contributed by atoms with Gasteiger partial charge in [-0.15, -0.1) is 10.2 Å². The van der Waals surface area contributed by atoms with Crippen LogP contribution in [0.4, 0.5) is 5.69 Å². The third-order valence-corrected chi connectivity index (χ3v) is 4.33. The number of carbonyl (C=O) groups is 1. The minimum Gasteiger partial charge on any atom is -0.439 e. The van der Waals surface area contributed by atoms with Crippen LogP contribution in [-0.2, 0) is 0 Å². The third-order valence-electron chi connectivity index (χ3n) is 4.33. The fourth-order valence-corrected chi connectivity index (χ4v) is 2.47. The van der Waals surface area contributed by atoms with Crippen LogP contribution in [0.5, 0.6) is 11.6 Å². The molecule has 0 atom stereocenters. The predicted octanol–water partition coefficient (Wildman–Crippen LogP) is 4.00. The van der Waals surface area contributed by atoms with E-state index < -0.39 is 5.91 Å². The first-order valence-electron chi connectivity index (χ1n) is 8.45. The number of nitrogens with zero attached hydrogens (tertiary/aromatic N) is 3. The summed E-state index contributed by atoms with van der Waals surface area (Å²) in [5.74, 6) is 1.56. The maximum atomic E-state index is 12.2. The highest BCUT2D eigenvalue weighted by Gasteiger charge is 2.30. The minimum atomic E-state index is -0.450. The molecule has 4 rings (SSSR count). The molecule has 1 fully saturated rings. The maximum Gasteiger partial charge on any atom is 0.313 e. The van der Waals surface area contributed by atoms with Crippen LogP contribution in [0.2, 0.25) is 0 Å². The Kier molecular flexibility index (Phi) is 4.12. The number of carbonyl (C=O) groups excluding carboxylic acids is 1. The lowest BCUT2D eigenvalue weighted by molar-refractivity contribution is 0.0988. The predicted molar refractivity (Wildman–Crippen MR) is 94.5 cm³/mol. The van der Waals surface area contributed by atoms with Crippen molar-refractivity contribution in [2.75, 3.05) is 5.32 Å². The molecule has 1 aromatic carbocycles. The van der Waals surface area contributed by atoms with Gasteiger partial charge in [0.15, 0.2) is 0 Å². The fourth-order valence-electron chi connectivity index (χ4n) is 2.47. The number of amides is 1. The summed E-state index contributed by atoms with van der Waals surface area (Å²) in [7, 11) is 0. The summed E-state index contributed by atoms with van der Waals surface area (Å²) in [6.45, 7) is 4.03. The highest BCUT2D eigenvalue weighted by Crippen LogP contribution is 2.39. The Morgan fingerprint density at radius 3 is 2.77 bits per heavy atom. The second-order valence-corrected chi connectivity index (χ2v) is 6.36. The molecule has 1 amide bonds. The summed E-state index contributed by atoms with van der Waals surface area (Å²) in [4.78, 5) is 16.4. The van der Waals surface area contributed by atoms with Crippen molar-refractivity contribution in [1.82, 2.24) is 15.2 Å². The summed E-state index contributed by atoms with van der Waals surface area (Å²) in [6.07, 6.45) is 3.60. The standard InChI is InChI=1S/C19H18N4O3/c1-11-4-3-5-15(12(11)2)25-16-9-8-14(10-20-16)21-17(24)19-23-22-18(26-19)13-6-7-13/h3-5,8-10,13H,6-7H2,1-2H3,(H,21,24). The number of rotatable bonds is 5. The Labute approximate surface area is 150 Å². The molecule has 0 aliphatic heterocycles. The molecular weight excluding hydrogens is 332 g/mol. The van der Waals surface area contributed by atoms with Gasteiger partial charge in [0.2, 0.25) is 11.8 Å². The molecule has 132 valence electrons. The minimum absolute atomic E-state index is 0.0392. The van der Waals surface area contributed by atoms with Crippen LogP contribution < -0.4 is 10.1 Å². The number of aromatic nitrogens is 3. The van der Waals surface area contributed by atoms with Crippen molar-refractivity contribution >= 4 is 11.6 Å². The maximum absolute atomic E-state index is 12.2. The van der Waals surface area contributed by atoms with Crippen molar-refractivity contribution in [2.24, 2.45) is 0 Å². The highest BCUT2D eigenvalue weighted by molar-refractivity contribution is 6.00. The lowest BCUT2D eigenvalue weighted by atomic mass is 10.1. The summed E-state index contributed by atoms with van der Waals surface area (Å²) in [5, 5.41) is 10.4. The zero-order valence-corrected chi connectivity index (χ0v) is 14.5. The van der Waals surface area contributed by atoms with Gasteiger partial charge in [0.05, 0.1) is 11.9 Å². The number of aryl methyl sites for hydroxylation is 1. The van der Waals surface area contributed by atoms with Gasteiger partial charge in [-0.25, -0.2) is 4.98 Å². The zero-order chi connectivity index (χ0) is 18.1. The van der Waals surface area contributed by atoms with Crippen molar-refractivity contribution in [3.63, 3.8) is 0 Å². The Morgan fingerprint density at radius 2 is 2.04 bits per heavy atom. The molecule has 26 heavy (non-hydrogen) atoms. The average Bonchev–Trinajstić information content (AvgIpc) is 3.37. The van der Waals surface area contributed by atoms with Gasteiger partial charge in [-0.3, -0.25) is 4.79 Å². The van der Waals surface area contributed by atoms with E-state index in [1.807, 2.05) is 32.0 Å². The third kappa shape index (κ3) is 3.42. The van der Waals surface area contributed by atoms with E-state index in [1.54, 1.807) is 12.1 Å². The summed E-state index contributed by atoms with van der Waals surface area (Å²) in [6, 6.07) is 9.27. The first-order chi connectivity index (χ1) is 12.6. The van der Waals surface area contributed by atoms with E-state index in [0.717, 1.165) is 29.7 Å². The van der Waals surface area contributed by atoms with E-state index >= 15 is 0 Å². The molecule has 7 heteroatoms. The van der Waals surface area contributed by atoms with Crippen LogP contribution in [0.15, 0.2) is 40.9 Å². The Bertz CT molecular complexity index is 946. The quantitative estimate of drug-likeness (QED) is 0.748. The largest absolute Gasteiger partial charge is 0.439 e. The van der Waals surface area contributed by atoms with E-state index in [0.29, 0.717) is 23.4 Å². The van der Waals surface area contributed by atoms with E-state index in [9.17, 15) is 4.79 Å². The number of nitrogens with one attached hydrogen (secondary N) is 1. The van der Waals surface area contributed by atoms with Crippen LogP contribution >= 0.6 is 0 Å². The smallest absolute Gasteiger partial charge is 0.313 e. The molecule has 1 N–H and O–H groups in total. The van der Waals surface area contributed by atoms with Gasteiger partial charge in [0.1, 0.15) is 5.75 Å². The van der Waals surface area contributed by atoms with E-state index in [1.165, 1.54) is 6.20 Å². The van der Waals surface area contributed by atoms with Gasteiger partial charge in [-0.1, -0.05) is 12.1 Å². The molecule has 0 unspecified atom stereocenters. The van der Waals surface area contributed by atoms with Gasteiger partial charge < -0.3 is 14.5 Å². The Morgan fingerprint density at radius 1 is 1.19 bits per heavy atom. The lowest BCUT2D eigenvalue weighted by Crippen LogP contribution is -2.12. The molecule has 2 aromatic heterocycles. The zero-order valence-electron chi connectivity index (χ0n) is 14.5. The van der Waals surface area contributed by atoms with Crippen molar-refractivity contribution in [3.05, 3.63) is 59.4 Å². The lowest BCUT2D eigenvalue weighted by Gasteiger charge is -2.10. The summed E-state index contributed by atoms with van der Waals surface area (Å²) >= 11 is 0. The molecule has 0 spiro atoms. The number of ether oxygens (including phenoxy) is 1. The van der Waals surface area contributed by atoms with Gasteiger partial charge in [-0.2, -0.15) is 0 Å². The van der Waals surface area contributed by atoms with Gasteiger partial charge in [0.25, 0.3) is 0 Å². The van der Waals surface area contributed by atoms with Crippen LogP contribution in [0.3, 0.4) is 0 Å². The van der Waals surface area contributed by atoms with Crippen LogP contribution in [0.1, 0.15) is 46.5 Å². The first-order valence-corrected chi connectivity index (χ1v) is 8.45. The van der Waals surface area contributed by atoms with Crippen LogP contribution in [-0.4, -0.2) is 21.1 Å². The normalized spacial score (nSPS) is 13.5. The van der Waals surface area contributed by atoms with Crippen LogP contribution in [0, 0.1) is 13.8 Å². The van der Waals surface area contributed by atoms with E-state index in [2.05, 4.69) is 20.5 Å². The van der Waals surface area contributed by atoms with Crippen molar-refractivity contribution in [2.45, 2.75) is 32.6 Å². The molecule has 2 heterocycles. The highest BCUT2D eigenvalue weighted by atomic mass is 16.5. The molecule has 1 saturated carbocycles. The van der Waals surface area contributed by atoms with Crippen molar-refractivity contribution in [1.29, 1.82) is 0 Å². The van der Waals surface area contributed by atoms with Crippen LogP contribution in [0.25, 0.3) is 0 Å². The van der Waals surface area contributed by atoms with E-state index in [4.69, 9.17) is 9.15 Å². The first kappa shape index (κ1) is 16.3. The molecule has 7 nitrogen and oxygen atoms in total.